The quantitative estimate of drug-likeness (QED) is 0.499. The lowest BCUT2D eigenvalue weighted by Gasteiger charge is -2.32. The van der Waals surface area contributed by atoms with Crippen molar-refractivity contribution < 1.29 is 19.1 Å². The van der Waals surface area contributed by atoms with Gasteiger partial charge in [0.25, 0.3) is 11.8 Å². The smallest absolute Gasteiger partial charge is 0.308 e. The average Bonchev–Trinajstić information content (AvgIpc) is 2.54. The van der Waals surface area contributed by atoms with Crippen LogP contribution in [0.3, 0.4) is 0 Å². The number of likely N-dealkylation sites (tertiary alicyclic amines) is 1. The number of hydrogen-bond donors (Lipinski definition) is 1. The minimum atomic E-state index is -1.06. The van der Waals surface area contributed by atoms with Crippen LogP contribution in [-0.4, -0.2) is 46.7 Å². The maximum Gasteiger partial charge on any atom is 0.308 e. The van der Waals surface area contributed by atoms with E-state index in [1.165, 1.54) is 13.0 Å². The fourth-order valence-electron chi connectivity index (χ4n) is 2.52. The molecule has 0 saturated carbocycles. The van der Waals surface area contributed by atoms with Crippen LogP contribution in [0.1, 0.15) is 30.1 Å². The van der Waals surface area contributed by atoms with E-state index in [0.717, 1.165) is 0 Å². The molecule has 2 amide bonds. The Bertz CT molecular complexity index is 628. The number of ether oxygens (including phenoxy) is 1. The Labute approximate surface area is 150 Å². The van der Waals surface area contributed by atoms with Crippen LogP contribution in [0.2, 0.25) is 0 Å². The molecule has 1 aliphatic heterocycles. The summed E-state index contributed by atoms with van der Waals surface area (Å²) in [5.41, 5.74) is 0.411. The van der Waals surface area contributed by atoms with Crippen molar-refractivity contribution in [1.29, 1.82) is 0 Å². The zero-order valence-corrected chi connectivity index (χ0v) is 14.6. The number of halogens is 2. The molecular formula is C16H18Cl2N2O4. The van der Waals surface area contributed by atoms with Crippen LogP contribution in [-0.2, 0) is 9.59 Å². The highest BCUT2D eigenvalue weighted by Gasteiger charge is 2.26. The Morgan fingerprint density at radius 2 is 1.92 bits per heavy atom. The van der Waals surface area contributed by atoms with Crippen LogP contribution in [0.4, 0.5) is 0 Å². The number of carbonyl (C=O) groups is 3. The molecule has 1 N–H and O–H groups in total. The Hall–Kier alpha value is -1.79. The summed E-state index contributed by atoms with van der Waals surface area (Å²) < 4.78 is 4.97. The van der Waals surface area contributed by atoms with E-state index in [9.17, 15) is 14.4 Å². The van der Waals surface area contributed by atoms with E-state index < -0.39 is 10.8 Å². The standard InChI is InChI=1S/C16H18Cl2N2O4/c1-10(21)24-13-4-2-3-11(9-13)15(22)19-12-5-7-20(8-6-12)16(23)14(17)18/h2-4,9,12,14H,5-8H2,1H3,(H,19,22). The molecule has 24 heavy (non-hydrogen) atoms. The van der Waals surface area contributed by atoms with Crippen molar-refractivity contribution in [1.82, 2.24) is 10.2 Å². The summed E-state index contributed by atoms with van der Waals surface area (Å²) in [6.45, 7) is 2.29. The predicted molar refractivity (Wildman–Crippen MR) is 90.3 cm³/mol. The summed E-state index contributed by atoms with van der Waals surface area (Å²) in [6.07, 6.45) is 1.25. The Balaban J connectivity index is 1.90. The number of benzene rings is 1. The van der Waals surface area contributed by atoms with Gasteiger partial charge in [-0.1, -0.05) is 29.3 Å². The van der Waals surface area contributed by atoms with Crippen molar-refractivity contribution in [2.24, 2.45) is 0 Å². The van der Waals surface area contributed by atoms with Crippen molar-refractivity contribution in [3.8, 4) is 5.75 Å². The fourth-order valence-corrected chi connectivity index (χ4v) is 2.79. The molecule has 0 spiro atoms. The lowest BCUT2D eigenvalue weighted by molar-refractivity contribution is -0.132. The molecule has 0 atom stereocenters. The first-order valence-electron chi connectivity index (χ1n) is 7.53. The van der Waals surface area contributed by atoms with Crippen molar-refractivity contribution in [2.45, 2.75) is 30.6 Å². The van der Waals surface area contributed by atoms with Gasteiger partial charge in [-0.15, -0.1) is 0 Å². The van der Waals surface area contributed by atoms with Crippen LogP contribution in [0.15, 0.2) is 24.3 Å². The summed E-state index contributed by atoms with van der Waals surface area (Å²) in [6, 6.07) is 6.38. The van der Waals surface area contributed by atoms with E-state index in [-0.39, 0.29) is 17.9 Å². The van der Waals surface area contributed by atoms with Crippen LogP contribution in [0, 0.1) is 0 Å². The van der Waals surface area contributed by atoms with E-state index in [0.29, 0.717) is 37.2 Å². The number of nitrogens with one attached hydrogen (secondary N) is 1. The van der Waals surface area contributed by atoms with E-state index in [4.69, 9.17) is 27.9 Å². The maximum absolute atomic E-state index is 12.3. The first-order valence-corrected chi connectivity index (χ1v) is 8.40. The number of carbonyl (C=O) groups excluding carboxylic acids is 3. The van der Waals surface area contributed by atoms with E-state index in [2.05, 4.69) is 5.32 Å². The number of esters is 1. The third kappa shape index (κ3) is 5.11. The Morgan fingerprint density at radius 3 is 2.50 bits per heavy atom. The summed E-state index contributed by atoms with van der Waals surface area (Å²) >= 11 is 11.2. The zero-order valence-electron chi connectivity index (χ0n) is 13.1. The molecule has 0 aromatic heterocycles. The second-order valence-electron chi connectivity index (χ2n) is 5.50. The van der Waals surface area contributed by atoms with Gasteiger partial charge in [0.15, 0.2) is 4.84 Å². The highest BCUT2D eigenvalue weighted by molar-refractivity contribution is 6.53. The van der Waals surface area contributed by atoms with Gasteiger partial charge >= 0.3 is 5.97 Å². The number of hydrogen-bond acceptors (Lipinski definition) is 4. The molecule has 1 heterocycles. The van der Waals surface area contributed by atoms with Gasteiger partial charge in [0.2, 0.25) is 0 Å². The molecule has 1 aliphatic rings. The van der Waals surface area contributed by atoms with Crippen molar-refractivity contribution in [3.63, 3.8) is 0 Å². The minimum absolute atomic E-state index is 0.0389. The summed E-state index contributed by atoms with van der Waals surface area (Å²) in [4.78, 5) is 35.5. The molecular weight excluding hydrogens is 355 g/mol. The molecule has 0 bridgehead atoms. The lowest BCUT2D eigenvalue weighted by atomic mass is 10.0. The van der Waals surface area contributed by atoms with Crippen LogP contribution in [0.5, 0.6) is 5.75 Å². The van der Waals surface area contributed by atoms with Crippen LogP contribution < -0.4 is 10.1 Å². The van der Waals surface area contributed by atoms with Gasteiger partial charge in [0.1, 0.15) is 5.75 Å². The van der Waals surface area contributed by atoms with Crippen molar-refractivity contribution >= 4 is 41.0 Å². The number of piperidine rings is 1. The van der Waals surface area contributed by atoms with Crippen LogP contribution in [0.25, 0.3) is 0 Å². The van der Waals surface area contributed by atoms with Gasteiger partial charge in [-0.3, -0.25) is 14.4 Å². The monoisotopic (exact) mass is 372 g/mol. The number of nitrogens with zero attached hydrogens (tertiary/aromatic N) is 1. The Kier molecular flexibility index (Phi) is 6.45. The van der Waals surface area contributed by atoms with Gasteiger partial charge in [0.05, 0.1) is 0 Å². The lowest BCUT2D eigenvalue weighted by Crippen LogP contribution is -2.47. The third-order valence-electron chi connectivity index (χ3n) is 3.69. The molecule has 1 fully saturated rings. The number of amides is 2. The average molecular weight is 373 g/mol. The van der Waals surface area contributed by atoms with Gasteiger partial charge in [-0.25, -0.2) is 0 Å². The fraction of sp³-hybridized carbons (Fsp3) is 0.438. The Morgan fingerprint density at radius 1 is 1.25 bits per heavy atom. The summed E-state index contributed by atoms with van der Waals surface area (Å²) in [5.74, 6) is -0.675. The number of rotatable bonds is 4. The van der Waals surface area contributed by atoms with E-state index >= 15 is 0 Å². The van der Waals surface area contributed by atoms with E-state index in [1.807, 2.05) is 0 Å². The molecule has 1 aromatic carbocycles. The zero-order chi connectivity index (χ0) is 17.7. The molecule has 0 radical (unpaired) electrons. The molecule has 1 aromatic rings. The van der Waals surface area contributed by atoms with Gasteiger partial charge in [-0.05, 0) is 31.0 Å². The third-order valence-corrected chi connectivity index (χ3v) is 4.06. The molecule has 6 nitrogen and oxygen atoms in total. The van der Waals surface area contributed by atoms with E-state index in [1.54, 1.807) is 23.1 Å². The van der Waals surface area contributed by atoms with Crippen molar-refractivity contribution in [2.75, 3.05) is 13.1 Å². The summed E-state index contributed by atoms with van der Waals surface area (Å²) in [5, 5.41) is 2.92. The SMILES string of the molecule is CC(=O)Oc1cccc(C(=O)NC2CCN(C(=O)C(Cl)Cl)CC2)c1. The molecule has 1 saturated heterocycles. The topological polar surface area (TPSA) is 75.7 Å². The maximum atomic E-state index is 12.3. The summed E-state index contributed by atoms with van der Waals surface area (Å²) in [7, 11) is 0. The van der Waals surface area contributed by atoms with Gasteiger partial charge < -0.3 is 15.0 Å². The van der Waals surface area contributed by atoms with Crippen molar-refractivity contribution in [3.05, 3.63) is 29.8 Å². The molecule has 8 heteroatoms. The largest absolute Gasteiger partial charge is 0.427 e. The normalized spacial score (nSPS) is 15.2. The second kappa shape index (κ2) is 8.35. The van der Waals surface area contributed by atoms with Gasteiger partial charge in [-0.2, -0.15) is 0 Å². The molecule has 2 rings (SSSR count). The molecule has 0 unspecified atom stereocenters. The molecule has 130 valence electrons. The predicted octanol–water partition coefficient (Wildman–Crippen LogP) is 2.14. The van der Waals surface area contributed by atoms with Crippen LogP contribution >= 0.6 is 23.2 Å². The molecule has 0 aliphatic carbocycles. The highest BCUT2D eigenvalue weighted by atomic mass is 35.5. The first kappa shape index (κ1) is 18.5. The minimum Gasteiger partial charge on any atom is -0.427 e. The van der Waals surface area contributed by atoms with Gasteiger partial charge in [0, 0.05) is 31.6 Å². The second-order valence-corrected chi connectivity index (χ2v) is 6.59. The first-order chi connectivity index (χ1) is 11.4. The number of alkyl halides is 2. The highest BCUT2D eigenvalue weighted by Crippen LogP contribution is 2.17.